The number of rotatable bonds is 8. The van der Waals surface area contributed by atoms with E-state index in [2.05, 4.69) is 25.7 Å². The summed E-state index contributed by atoms with van der Waals surface area (Å²) in [6, 6.07) is 13.4. The molecule has 0 saturated heterocycles. The van der Waals surface area contributed by atoms with E-state index in [0.717, 1.165) is 17.1 Å². The predicted octanol–water partition coefficient (Wildman–Crippen LogP) is 3.03. The van der Waals surface area contributed by atoms with Gasteiger partial charge in [0.2, 0.25) is 0 Å². The van der Waals surface area contributed by atoms with Crippen molar-refractivity contribution in [3.05, 3.63) is 66.6 Å². The largest absolute Gasteiger partial charge is 0.493 e. The zero-order chi connectivity index (χ0) is 20.5. The third-order valence-corrected chi connectivity index (χ3v) is 4.19. The number of pyridine rings is 1. The first-order chi connectivity index (χ1) is 14.2. The molecule has 3 rings (SSSR count). The van der Waals surface area contributed by atoms with Gasteiger partial charge in [0.1, 0.15) is 6.10 Å². The van der Waals surface area contributed by atoms with Gasteiger partial charge in [0.15, 0.2) is 23.3 Å². The van der Waals surface area contributed by atoms with E-state index < -0.39 is 0 Å². The number of halogens is 1. The van der Waals surface area contributed by atoms with Gasteiger partial charge in [-0.2, -0.15) is 5.10 Å². The minimum Gasteiger partial charge on any atom is -0.493 e. The normalized spacial score (nSPS) is 11.9. The van der Waals surface area contributed by atoms with Crippen molar-refractivity contribution in [2.75, 3.05) is 20.7 Å². The number of para-hydroxylation sites is 2. The van der Waals surface area contributed by atoms with Crippen LogP contribution in [-0.4, -0.2) is 47.5 Å². The molecule has 0 saturated carbocycles. The minimum atomic E-state index is -0.0720. The van der Waals surface area contributed by atoms with Gasteiger partial charge >= 0.3 is 0 Å². The summed E-state index contributed by atoms with van der Waals surface area (Å²) in [5.74, 6) is 2.90. The monoisotopic (exact) mass is 522 g/mol. The zero-order valence-electron chi connectivity index (χ0n) is 17.3. The third-order valence-electron chi connectivity index (χ3n) is 4.19. The van der Waals surface area contributed by atoms with Gasteiger partial charge in [-0.3, -0.25) is 4.99 Å². The number of methoxy groups -OCH3 is 1. The van der Waals surface area contributed by atoms with Crippen molar-refractivity contribution in [3.8, 4) is 17.3 Å². The average Bonchev–Trinajstić information content (AvgIpc) is 3.29. The van der Waals surface area contributed by atoms with Crippen LogP contribution in [0, 0.1) is 0 Å². The van der Waals surface area contributed by atoms with E-state index in [4.69, 9.17) is 9.47 Å². The highest BCUT2D eigenvalue weighted by Crippen LogP contribution is 2.26. The van der Waals surface area contributed by atoms with E-state index in [1.165, 1.54) is 0 Å². The Bertz CT molecular complexity index is 933. The lowest BCUT2D eigenvalue weighted by atomic mass is 10.2. The lowest BCUT2D eigenvalue weighted by Crippen LogP contribution is -2.41. The molecule has 9 heteroatoms. The molecular weight excluding hydrogens is 495 g/mol. The van der Waals surface area contributed by atoms with Gasteiger partial charge in [0.05, 0.1) is 13.7 Å². The van der Waals surface area contributed by atoms with Crippen molar-refractivity contribution in [3.63, 3.8) is 0 Å². The quantitative estimate of drug-likeness (QED) is 0.269. The molecule has 0 bridgehead atoms. The van der Waals surface area contributed by atoms with E-state index in [0.29, 0.717) is 24.8 Å². The van der Waals surface area contributed by atoms with Crippen molar-refractivity contribution in [1.29, 1.82) is 0 Å². The van der Waals surface area contributed by atoms with Crippen LogP contribution in [0.25, 0.3) is 5.82 Å². The van der Waals surface area contributed by atoms with Crippen molar-refractivity contribution in [2.45, 2.75) is 19.6 Å². The van der Waals surface area contributed by atoms with Crippen molar-refractivity contribution >= 4 is 29.9 Å². The Labute approximate surface area is 193 Å². The summed E-state index contributed by atoms with van der Waals surface area (Å²) in [5.41, 5.74) is 1.08. The molecule has 0 aliphatic heterocycles. The van der Waals surface area contributed by atoms with Crippen LogP contribution in [0.4, 0.5) is 0 Å². The number of hydrogen-bond donors (Lipinski definition) is 2. The lowest BCUT2D eigenvalue weighted by molar-refractivity contribution is 0.213. The molecule has 1 unspecified atom stereocenters. The van der Waals surface area contributed by atoms with Gasteiger partial charge < -0.3 is 20.1 Å². The lowest BCUT2D eigenvalue weighted by Gasteiger charge is -2.19. The van der Waals surface area contributed by atoms with Gasteiger partial charge in [0, 0.05) is 32.2 Å². The van der Waals surface area contributed by atoms with E-state index >= 15 is 0 Å². The molecule has 160 valence electrons. The first kappa shape index (κ1) is 23.5. The molecule has 2 aromatic heterocycles. The molecular formula is C21H27IN6O2. The van der Waals surface area contributed by atoms with E-state index in [9.17, 15) is 0 Å². The Morgan fingerprint density at radius 3 is 2.63 bits per heavy atom. The van der Waals surface area contributed by atoms with Crippen LogP contribution in [0.1, 0.15) is 12.5 Å². The van der Waals surface area contributed by atoms with Crippen LogP contribution >= 0.6 is 24.0 Å². The number of ether oxygens (including phenoxy) is 2. The van der Waals surface area contributed by atoms with Gasteiger partial charge in [0.25, 0.3) is 0 Å². The van der Waals surface area contributed by atoms with Crippen LogP contribution in [0.2, 0.25) is 0 Å². The maximum Gasteiger partial charge on any atom is 0.191 e. The SMILES string of the molecule is CN=C(NCc1ccnc(-n2cccn2)c1)NCC(C)Oc1ccccc1OC.I. The molecule has 2 N–H and O–H groups in total. The Morgan fingerprint density at radius 1 is 1.13 bits per heavy atom. The van der Waals surface area contributed by atoms with Crippen LogP contribution in [0.3, 0.4) is 0 Å². The number of nitrogens with one attached hydrogen (secondary N) is 2. The van der Waals surface area contributed by atoms with Gasteiger partial charge in [-0.1, -0.05) is 12.1 Å². The third kappa shape index (κ3) is 6.61. The van der Waals surface area contributed by atoms with Crippen LogP contribution in [-0.2, 0) is 6.54 Å². The average molecular weight is 522 g/mol. The molecule has 0 aliphatic rings. The van der Waals surface area contributed by atoms with E-state index in [1.54, 1.807) is 31.2 Å². The first-order valence-electron chi connectivity index (χ1n) is 9.38. The molecule has 30 heavy (non-hydrogen) atoms. The highest BCUT2D eigenvalue weighted by molar-refractivity contribution is 14.0. The molecule has 0 amide bonds. The van der Waals surface area contributed by atoms with Crippen molar-refractivity contribution in [2.24, 2.45) is 4.99 Å². The Morgan fingerprint density at radius 2 is 1.93 bits per heavy atom. The van der Waals surface area contributed by atoms with Gasteiger partial charge in [-0.05, 0) is 42.8 Å². The molecule has 8 nitrogen and oxygen atoms in total. The molecule has 3 aromatic rings. The molecule has 0 spiro atoms. The Balaban J connectivity index is 0.00000320. The molecule has 1 atom stereocenters. The highest BCUT2D eigenvalue weighted by Gasteiger charge is 2.09. The number of aliphatic imine (C=N–C) groups is 1. The number of aromatic nitrogens is 3. The molecule has 0 aliphatic carbocycles. The molecule has 0 fully saturated rings. The maximum atomic E-state index is 5.96. The number of guanidine groups is 1. The Hall–Kier alpha value is -2.82. The summed E-state index contributed by atoms with van der Waals surface area (Å²) in [5, 5.41) is 10.8. The predicted molar refractivity (Wildman–Crippen MR) is 128 cm³/mol. The van der Waals surface area contributed by atoms with E-state index in [-0.39, 0.29) is 30.1 Å². The second-order valence-corrected chi connectivity index (χ2v) is 6.36. The highest BCUT2D eigenvalue weighted by atomic mass is 127. The number of hydrogen-bond acceptors (Lipinski definition) is 5. The van der Waals surface area contributed by atoms with Crippen LogP contribution < -0.4 is 20.1 Å². The van der Waals surface area contributed by atoms with Gasteiger partial charge in [-0.25, -0.2) is 9.67 Å². The fraction of sp³-hybridized carbons (Fsp3) is 0.286. The second-order valence-electron chi connectivity index (χ2n) is 6.36. The smallest absolute Gasteiger partial charge is 0.191 e. The maximum absolute atomic E-state index is 5.96. The summed E-state index contributed by atoms with van der Waals surface area (Å²) >= 11 is 0. The molecule has 2 heterocycles. The molecule has 1 aromatic carbocycles. The summed E-state index contributed by atoms with van der Waals surface area (Å²) in [6.45, 7) is 3.19. The minimum absolute atomic E-state index is 0. The van der Waals surface area contributed by atoms with Gasteiger partial charge in [-0.15, -0.1) is 24.0 Å². The second kappa shape index (κ2) is 12.0. The molecule has 0 radical (unpaired) electrons. The number of benzene rings is 1. The topological polar surface area (TPSA) is 85.6 Å². The fourth-order valence-corrected chi connectivity index (χ4v) is 2.72. The summed E-state index contributed by atoms with van der Waals surface area (Å²) < 4.78 is 13.0. The summed E-state index contributed by atoms with van der Waals surface area (Å²) in [4.78, 5) is 8.61. The summed E-state index contributed by atoms with van der Waals surface area (Å²) in [6.07, 6.45) is 5.29. The van der Waals surface area contributed by atoms with E-state index in [1.807, 2.05) is 55.6 Å². The zero-order valence-corrected chi connectivity index (χ0v) is 19.6. The van der Waals surface area contributed by atoms with Crippen LogP contribution in [0.5, 0.6) is 11.5 Å². The number of nitrogens with zero attached hydrogens (tertiary/aromatic N) is 4. The fourth-order valence-electron chi connectivity index (χ4n) is 2.72. The van der Waals surface area contributed by atoms with Crippen LogP contribution in [0.15, 0.2) is 66.0 Å². The standard InChI is InChI=1S/C21H26N6O2.HI/c1-16(29-19-8-5-4-7-18(19)28-3)14-24-21(22-2)25-15-17-9-11-23-20(13-17)27-12-6-10-26-27;/h4-13,16H,14-15H2,1-3H3,(H2,22,24,25);1H. The van der Waals surface area contributed by atoms with Crippen molar-refractivity contribution < 1.29 is 9.47 Å². The van der Waals surface area contributed by atoms with Crippen molar-refractivity contribution in [1.82, 2.24) is 25.4 Å². The summed E-state index contributed by atoms with van der Waals surface area (Å²) in [7, 11) is 3.37. The first-order valence-corrected chi connectivity index (χ1v) is 9.38. The Kier molecular flexibility index (Phi) is 9.39.